The second kappa shape index (κ2) is 6.20. The highest BCUT2D eigenvalue weighted by atomic mass is 15.2. The normalized spacial score (nSPS) is 17.9. The van der Waals surface area contributed by atoms with Crippen molar-refractivity contribution in [2.75, 3.05) is 20.1 Å². The predicted octanol–water partition coefficient (Wildman–Crippen LogP) is 2.27. The van der Waals surface area contributed by atoms with E-state index in [1.54, 1.807) is 0 Å². The van der Waals surface area contributed by atoms with Crippen LogP contribution in [-0.4, -0.2) is 36.6 Å². The Morgan fingerprint density at radius 2 is 1.86 bits per heavy atom. The fraction of sp³-hybridized carbons (Fsp3) is 0.833. The lowest BCUT2D eigenvalue weighted by Gasteiger charge is -2.44. The maximum atomic E-state index is 3.91. The maximum absolute atomic E-state index is 3.91. The van der Waals surface area contributed by atoms with Crippen LogP contribution in [0.4, 0.5) is 0 Å². The molecule has 0 saturated carbocycles. The van der Waals surface area contributed by atoms with Crippen molar-refractivity contribution >= 4 is 0 Å². The molecule has 0 aliphatic carbocycles. The van der Waals surface area contributed by atoms with Crippen LogP contribution >= 0.6 is 0 Å². The minimum Gasteiger partial charge on any atom is -0.312 e. The van der Waals surface area contributed by atoms with E-state index in [-0.39, 0.29) is 5.54 Å². The molecule has 0 aromatic rings. The first-order chi connectivity index (χ1) is 6.60. The third-order valence-electron chi connectivity index (χ3n) is 3.42. The molecule has 0 bridgehead atoms. The van der Waals surface area contributed by atoms with E-state index in [0.717, 1.165) is 19.5 Å². The molecule has 84 valence electrons. The molecule has 0 amide bonds. The second-order valence-electron chi connectivity index (χ2n) is 3.89. The number of likely N-dealkylation sites (N-methyl/N-ethyl adjacent to an activating group) is 2. The van der Waals surface area contributed by atoms with Gasteiger partial charge in [-0.2, -0.15) is 0 Å². The molecule has 0 rings (SSSR count). The highest BCUT2D eigenvalue weighted by Crippen LogP contribution is 2.23. The molecule has 0 aromatic heterocycles. The predicted molar refractivity (Wildman–Crippen MR) is 64.7 cm³/mol. The van der Waals surface area contributed by atoms with Gasteiger partial charge in [0.1, 0.15) is 0 Å². The fourth-order valence-electron chi connectivity index (χ4n) is 2.27. The SMILES string of the molecule is C=CC(NC)C(C)(CC)N(CC)CC. The first-order valence-corrected chi connectivity index (χ1v) is 5.65. The van der Waals surface area contributed by atoms with Crippen LogP contribution in [-0.2, 0) is 0 Å². The van der Waals surface area contributed by atoms with Crippen LogP contribution in [0.15, 0.2) is 12.7 Å². The number of hydrogen-bond donors (Lipinski definition) is 1. The molecule has 0 aromatic carbocycles. The van der Waals surface area contributed by atoms with Gasteiger partial charge in [-0.15, -0.1) is 6.58 Å². The lowest BCUT2D eigenvalue weighted by Crippen LogP contribution is -2.57. The summed E-state index contributed by atoms with van der Waals surface area (Å²) in [4.78, 5) is 2.50. The minimum absolute atomic E-state index is 0.181. The van der Waals surface area contributed by atoms with Crippen LogP contribution in [0.25, 0.3) is 0 Å². The molecule has 1 N–H and O–H groups in total. The monoisotopic (exact) mass is 198 g/mol. The van der Waals surface area contributed by atoms with Crippen LogP contribution in [0.2, 0.25) is 0 Å². The zero-order chi connectivity index (χ0) is 11.2. The number of hydrogen-bond acceptors (Lipinski definition) is 2. The molecule has 2 heteroatoms. The number of nitrogens with one attached hydrogen (secondary N) is 1. The van der Waals surface area contributed by atoms with Gasteiger partial charge in [0.2, 0.25) is 0 Å². The Morgan fingerprint density at radius 3 is 2.07 bits per heavy atom. The van der Waals surface area contributed by atoms with Crippen LogP contribution in [0.1, 0.15) is 34.1 Å². The zero-order valence-electron chi connectivity index (χ0n) is 10.4. The van der Waals surface area contributed by atoms with Crippen LogP contribution in [0.5, 0.6) is 0 Å². The zero-order valence-corrected chi connectivity index (χ0v) is 10.4. The Bertz CT molecular complexity index is 164. The van der Waals surface area contributed by atoms with Crippen LogP contribution < -0.4 is 5.32 Å². The summed E-state index contributed by atoms with van der Waals surface area (Å²) in [6.45, 7) is 15.1. The van der Waals surface area contributed by atoms with Gasteiger partial charge in [-0.05, 0) is 33.5 Å². The molecular formula is C12H26N2. The van der Waals surface area contributed by atoms with E-state index in [9.17, 15) is 0 Å². The Hall–Kier alpha value is -0.340. The second-order valence-corrected chi connectivity index (χ2v) is 3.89. The van der Waals surface area contributed by atoms with E-state index in [4.69, 9.17) is 0 Å². The van der Waals surface area contributed by atoms with E-state index in [0.29, 0.717) is 6.04 Å². The summed E-state index contributed by atoms with van der Waals surface area (Å²) in [5.41, 5.74) is 0.181. The highest BCUT2D eigenvalue weighted by molar-refractivity contribution is 5.03. The molecule has 0 aliphatic heterocycles. The van der Waals surface area contributed by atoms with E-state index in [2.05, 4.69) is 44.5 Å². The van der Waals surface area contributed by atoms with Gasteiger partial charge >= 0.3 is 0 Å². The number of nitrogens with zero attached hydrogens (tertiary/aromatic N) is 1. The summed E-state index contributed by atoms with van der Waals surface area (Å²) in [5.74, 6) is 0. The van der Waals surface area contributed by atoms with E-state index in [1.807, 2.05) is 13.1 Å². The molecule has 0 radical (unpaired) electrons. The summed E-state index contributed by atoms with van der Waals surface area (Å²) in [5, 5.41) is 3.33. The largest absolute Gasteiger partial charge is 0.312 e. The lowest BCUT2D eigenvalue weighted by atomic mass is 9.87. The van der Waals surface area contributed by atoms with E-state index in [1.165, 1.54) is 0 Å². The third-order valence-corrected chi connectivity index (χ3v) is 3.42. The number of rotatable bonds is 7. The van der Waals surface area contributed by atoms with Gasteiger partial charge in [-0.3, -0.25) is 4.90 Å². The summed E-state index contributed by atoms with van der Waals surface area (Å²) < 4.78 is 0. The van der Waals surface area contributed by atoms with Crippen LogP contribution in [0.3, 0.4) is 0 Å². The molecular weight excluding hydrogens is 172 g/mol. The molecule has 0 spiro atoms. The standard InChI is InChI=1S/C12H26N2/c1-7-11(13-6)12(5,8-2)14(9-3)10-4/h7,11,13H,1,8-10H2,2-6H3. The van der Waals surface area contributed by atoms with Gasteiger partial charge in [0, 0.05) is 11.6 Å². The van der Waals surface area contributed by atoms with Crippen LogP contribution in [0, 0.1) is 0 Å². The van der Waals surface area contributed by atoms with Crippen molar-refractivity contribution in [2.45, 2.75) is 45.7 Å². The summed E-state index contributed by atoms with van der Waals surface area (Å²) in [6, 6.07) is 0.354. The van der Waals surface area contributed by atoms with Crippen molar-refractivity contribution < 1.29 is 0 Å². The van der Waals surface area contributed by atoms with Crippen molar-refractivity contribution in [3.63, 3.8) is 0 Å². The summed E-state index contributed by atoms with van der Waals surface area (Å²) >= 11 is 0. The molecule has 2 atom stereocenters. The van der Waals surface area contributed by atoms with Crippen molar-refractivity contribution in [2.24, 2.45) is 0 Å². The Kier molecular flexibility index (Phi) is 6.05. The van der Waals surface area contributed by atoms with Crippen molar-refractivity contribution in [3.8, 4) is 0 Å². The van der Waals surface area contributed by atoms with Gasteiger partial charge in [0.05, 0.1) is 0 Å². The van der Waals surface area contributed by atoms with Crippen molar-refractivity contribution in [1.82, 2.24) is 10.2 Å². The molecule has 2 unspecified atom stereocenters. The Balaban J connectivity index is 4.81. The van der Waals surface area contributed by atoms with E-state index < -0.39 is 0 Å². The molecule has 14 heavy (non-hydrogen) atoms. The Morgan fingerprint density at radius 1 is 1.36 bits per heavy atom. The molecule has 0 aliphatic rings. The first-order valence-electron chi connectivity index (χ1n) is 5.65. The van der Waals surface area contributed by atoms with E-state index >= 15 is 0 Å². The lowest BCUT2D eigenvalue weighted by molar-refractivity contribution is 0.0892. The van der Waals surface area contributed by atoms with Crippen molar-refractivity contribution in [1.29, 1.82) is 0 Å². The van der Waals surface area contributed by atoms with Gasteiger partial charge in [0.15, 0.2) is 0 Å². The van der Waals surface area contributed by atoms with Gasteiger partial charge in [0.25, 0.3) is 0 Å². The van der Waals surface area contributed by atoms with Gasteiger partial charge in [-0.1, -0.05) is 26.8 Å². The summed E-state index contributed by atoms with van der Waals surface area (Å²) in [6.07, 6.45) is 3.15. The quantitative estimate of drug-likeness (QED) is 0.631. The fourth-order valence-corrected chi connectivity index (χ4v) is 2.27. The topological polar surface area (TPSA) is 15.3 Å². The Labute approximate surface area is 89.4 Å². The molecule has 2 nitrogen and oxygen atoms in total. The highest BCUT2D eigenvalue weighted by Gasteiger charge is 2.34. The minimum atomic E-state index is 0.181. The average molecular weight is 198 g/mol. The van der Waals surface area contributed by atoms with Gasteiger partial charge in [-0.25, -0.2) is 0 Å². The molecule has 0 fully saturated rings. The summed E-state index contributed by atoms with van der Waals surface area (Å²) in [7, 11) is 2.00. The molecule has 0 heterocycles. The first kappa shape index (κ1) is 13.7. The third kappa shape index (κ3) is 2.58. The van der Waals surface area contributed by atoms with Gasteiger partial charge < -0.3 is 5.32 Å². The van der Waals surface area contributed by atoms with Crippen molar-refractivity contribution in [3.05, 3.63) is 12.7 Å². The smallest absolute Gasteiger partial charge is 0.0428 e. The molecule has 0 saturated heterocycles. The average Bonchev–Trinajstić information content (AvgIpc) is 2.21. The maximum Gasteiger partial charge on any atom is 0.0428 e.